The van der Waals surface area contributed by atoms with Gasteiger partial charge >= 0.3 is 0 Å². The maximum Gasteiger partial charge on any atom is 0.274 e. The van der Waals surface area contributed by atoms with Gasteiger partial charge in [0.2, 0.25) is 5.91 Å². The highest BCUT2D eigenvalue weighted by atomic mass is 16.2. The largest absolute Gasteiger partial charge is 0.395 e. The Morgan fingerprint density at radius 3 is 2.76 bits per heavy atom. The lowest BCUT2D eigenvalue weighted by Gasteiger charge is -2.25. The number of hydrogen-bond donors (Lipinski definition) is 2. The number of carbonyl (C=O) groups excluding carboxylic acids is 2. The Morgan fingerprint density at radius 1 is 1.48 bits per heavy atom. The van der Waals surface area contributed by atoms with Gasteiger partial charge in [0, 0.05) is 18.7 Å². The second-order valence-corrected chi connectivity index (χ2v) is 4.67. The van der Waals surface area contributed by atoms with Crippen molar-refractivity contribution < 1.29 is 14.7 Å². The van der Waals surface area contributed by atoms with Gasteiger partial charge in [-0.2, -0.15) is 0 Å². The van der Waals surface area contributed by atoms with Gasteiger partial charge in [-0.15, -0.1) is 0 Å². The summed E-state index contributed by atoms with van der Waals surface area (Å²) < 4.78 is 0. The molecule has 3 N–H and O–H groups in total. The maximum atomic E-state index is 12.5. The van der Waals surface area contributed by atoms with Crippen molar-refractivity contribution in [1.82, 2.24) is 9.88 Å². The number of nitrogens with zero attached hydrogens (tertiary/aromatic N) is 2. The zero-order valence-electron chi connectivity index (χ0n) is 12.2. The van der Waals surface area contributed by atoms with Crippen LogP contribution >= 0.6 is 0 Å². The topological polar surface area (TPSA) is 96.5 Å². The molecule has 0 fully saturated rings. The van der Waals surface area contributed by atoms with Gasteiger partial charge in [0.1, 0.15) is 5.69 Å². The van der Waals surface area contributed by atoms with E-state index in [0.29, 0.717) is 12.0 Å². The first-order valence-corrected chi connectivity index (χ1v) is 6.61. The molecule has 0 aliphatic carbocycles. The van der Waals surface area contributed by atoms with Crippen LogP contribution in [0.25, 0.3) is 0 Å². The highest BCUT2D eigenvalue weighted by Gasteiger charge is 2.23. The lowest BCUT2D eigenvalue weighted by Crippen LogP contribution is -2.43. The van der Waals surface area contributed by atoms with Crippen LogP contribution in [0.4, 0.5) is 0 Å². The summed E-state index contributed by atoms with van der Waals surface area (Å²) in [6, 6.07) is 3.16. The lowest BCUT2D eigenvalue weighted by atomic mass is 10.1. The van der Waals surface area contributed by atoms with Gasteiger partial charge in [-0.05, 0) is 26.0 Å². The number of pyridine rings is 1. The van der Waals surface area contributed by atoms with E-state index < -0.39 is 11.8 Å². The summed E-state index contributed by atoms with van der Waals surface area (Å²) in [4.78, 5) is 29.0. The van der Waals surface area contributed by atoms with Crippen LogP contribution in [-0.4, -0.2) is 46.0 Å². The van der Waals surface area contributed by atoms with E-state index in [0.717, 1.165) is 0 Å². The summed E-state index contributed by atoms with van der Waals surface area (Å²) in [7, 11) is 0. The number of amides is 2. The van der Waals surface area contributed by atoms with E-state index in [-0.39, 0.29) is 24.9 Å². The van der Waals surface area contributed by atoms with Crippen molar-refractivity contribution in [2.45, 2.75) is 26.3 Å². The summed E-state index contributed by atoms with van der Waals surface area (Å²) in [6.07, 6.45) is 1.81. The van der Waals surface area contributed by atoms with Gasteiger partial charge < -0.3 is 15.7 Å². The third kappa shape index (κ3) is 4.89. The molecule has 6 heteroatoms. The molecule has 0 atom stereocenters. The zero-order valence-corrected chi connectivity index (χ0v) is 12.2. The Labute approximate surface area is 124 Å². The summed E-state index contributed by atoms with van der Waals surface area (Å²) in [5.74, 6) is 4.59. The van der Waals surface area contributed by atoms with E-state index in [1.165, 1.54) is 11.1 Å². The molecule has 1 aromatic heterocycles. The van der Waals surface area contributed by atoms with Crippen molar-refractivity contribution >= 4 is 11.8 Å². The zero-order chi connectivity index (χ0) is 15.8. The minimum Gasteiger partial charge on any atom is -0.395 e. The number of primary amides is 1. The molecule has 1 rings (SSSR count). The average molecular weight is 289 g/mol. The summed E-state index contributed by atoms with van der Waals surface area (Å²) in [5.41, 5.74) is 5.82. The van der Waals surface area contributed by atoms with Crippen LogP contribution in [0.15, 0.2) is 18.3 Å². The summed E-state index contributed by atoms with van der Waals surface area (Å²) >= 11 is 0. The fourth-order valence-electron chi connectivity index (χ4n) is 1.68. The molecule has 0 aliphatic rings. The summed E-state index contributed by atoms with van der Waals surface area (Å²) in [6.45, 7) is 3.37. The van der Waals surface area contributed by atoms with Crippen molar-refractivity contribution in [3.63, 3.8) is 0 Å². The van der Waals surface area contributed by atoms with Crippen molar-refractivity contribution in [1.29, 1.82) is 0 Å². The molecule has 0 saturated heterocycles. The Morgan fingerprint density at radius 2 is 2.19 bits per heavy atom. The molecule has 0 radical (unpaired) electrons. The molecule has 0 saturated carbocycles. The third-order valence-corrected chi connectivity index (χ3v) is 2.68. The van der Waals surface area contributed by atoms with Crippen molar-refractivity contribution in [2.75, 3.05) is 13.2 Å². The highest BCUT2D eigenvalue weighted by Crippen LogP contribution is 2.10. The maximum absolute atomic E-state index is 12.5. The minimum atomic E-state index is -0.583. The lowest BCUT2D eigenvalue weighted by molar-refractivity contribution is -0.119. The number of aromatic nitrogens is 1. The first-order valence-electron chi connectivity index (χ1n) is 6.61. The molecule has 0 unspecified atom stereocenters. The third-order valence-electron chi connectivity index (χ3n) is 2.68. The van der Waals surface area contributed by atoms with Crippen LogP contribution in [0.5, 0.6) is 0 Å². The van der Waals surface area contributed by atoms with Crippen LogP contribution < -0.4 is 5.73 Å². The average Bonchev–Trinajstić information content (AvgIpc) is 2.44. The standard InChI is InChI=1S/C15H19N3O3/c1-11(2)18(10-13(16)20)15(21)14-12(6-3-4-9-19)7-5-8-17-14/h5,7-8,11,19H,4,9-10H2,1-2H3,(H2,16,20). The van der Waals surface area contributed by atoms with Crippen LogP contribution in [0, 0.1) is 11.8 Å². The van der Waals surface area contributed by atoms with E-state index in [1.54, 1.807) is 26.0 Å². The molecule has 0 aliphatic heterocycles. The number of hydrogen-bond acceptors (Lipinski definition) is 4. The smallest absolute Gasteiger partial charge is 0.274 e. The van der Waals surface area contributed by atoms with Gasteiger partial charge in [-0.1, -0.05) is 11.8 Å². The molecule has 1 aromatic rings. The molecular weight excluding hydrogens is 270 g/mol. The molecule has 0 aromatic carbocycles. The van der Waals surface area contributed by atoms with E-state index in [9.17, 15) is 9.59 Å². The molecule has 112 valence electrons. The van der Waals surface area contributed by atoms with Gasteiger partial charge in [-0.25, -0.2) is 4.98 Å². The van der Waals surface area contributed by atoms with Gasteiger partial charge in [0.05, 0.1) is 18.7 Å². The van der Waals surface area contributed by atoms with Crippen molar-refractivity contribution in [2.24, 2.45) is 5.73 Å². The molecule has 1 heterocycles. The van der Waals surface area contributed by atoms with E-state index in [4.69, 9.17) is 10.8 Å². The van der Waals surface area contributed by atoms with E-state index in [1.807, 2.05) is 0 Å². The number of aliphatic hydroxyl groups is 1. The second-order valence-electron chi connectivity index (χ2n) is 4.67. The minimum absolute atomic E-state index is 0.0453. The number of aliphatic hydroxyl groups excluding tert-OH is 1. The van der Waals surface area contributed by atoms with E-state index >= 15 is 0 Å². The van der Waals surface area contributed by atoms with Crippen LogP contribution in [0.2, 0.25) is 0 Å². The fraction of sp³-hybridized carbons (Fsp3) is 0.400. The first-order chi connectivity index (χ1) is 9.97. The van der Waals surface area contributed by atoms with E-state index in [2.05, 4.69) is 16.8 Å². The number of rotatable bonds is 5. The Hall–Kier alpha value is -2.39. The predicted octanol–water partition coefficient (Wildman–Crippen LogP) is 0.151. The monoisotopic (exact) mass is 289 g/mol. The van der Waals surface area contributed by atoms with Crippen LogP contribution in [0.3, 0.4) is 0 Å². The molecular formula is C15H19N3O3. The quantitative estimate of drug-likeness (QED) is 0.754. The second kappa shape index (κ2) is 8.02. The number of carbonyl (C=O) groups is 2. The Bertz CT molecular complexity index is 573. The van der Waals surface area contributed by atoms with Gasteiger partial charge in [-0.3, -0.25) is 9.59 Å². The van der Waals surface area contributed by atoms with Crippen molar-refractivity contribution in [3.05, 3.63) is 29.6 Å². The SMILES string of the molecule is CC(C)N(CC(N)=O)C(=O)c1ncccc1C#CCCO. The predicted molar refractivity (Wildman–Crippen MR) is 78.2 cm³/mol. The van der Waals surface area contributed by atoms with Crippen LogP contribution in [0.1, 0.15) is 36.3 Å². The van der Waals surface area contributed by atoms with Crippen LogP contribution in [-0.2, 0) is 4.79 Å². The normalized spacial score (nSPS) is 9.90. The molecule has 21 heavy (non-hydrogen) atoms. The molecule has 2 amide bonds. The summed E-state index contributed by atoms with van der Waals surface area (Å²) in [5, 5.41) is 8.74. The van der Waals surface area contributed by atoms with Gasteiger partial charge in [0.25, 0.3) is 5.91 Å². The highest BCUT2D eigenvalue weighted by molar-refractivity contribution is 5.97. The van der Waals surface area contributed by atoms with Gasteiger partial charge in [0.15, 0.2) is 0 Å². The van der Waals surface area contributed by atoms with Crippen molar-refractivity contribution in [3.8, 4) is 11.8 Å². The number of nitrogens with two attached hydrogens (primary N) is 1. The Kier molecular flexibility index (Phi) is 6.37. The molecule has 0 bridgehead atoms. The Balaban J connectivity index is 3.11. The molecule has 0 spiro atoms. The fourth-order valence-corrected chi connectivity index (χ4v) is 1.68. The first kappa shape index (κ1) is 16.7. The molecule has 6 nitrogen and oxygen atoms in total.